The van der Waals surface area contributed by atoms with E-state index < -0.39 is 5.60 Å². The predicted octanol–water partition coefficient (Wildman–Crippen LogP) is 0.877. The van der Waals surface area contributed by atoms with Crippen LogP contribution in [0.25, 0.3) is 0 Å². The molecule has 1 rings (SSSR count). The van der Waals surface area contributed by atoms with Gasteiger partial charge < -0.3 is 9.63 Å². The third-order valence-corrected chi connectivity index (χ3v) is 1.59. The molecular formula is C9H16N2O2. The van der Waals surface area contributed by atoms with Crippen LogP contribution in [0.2, 0.25) is 0 Å². The summed E-state index contributed by atoms with van der Waals surface area (Å²) in [5, 5.41) is 13.1. The number of aromatic nitrogens is 1. The molecule has 0 aliphatic carbocycles. The van der Waals surface area contributed by atoms with Crippen LogP contribution in [0.5, 0.6) is 0 Å². The van der Waals surface area contributed by atoms with E-state index in [1.54, 1.807) is 26.3 Å². The average Bonchev–Trinajstić information content (AvgIpc) is 2.34. The molecule has 0 fully saturated rings. The van der Waals surface area contributed by atoms with Crippen LogP contribution in [-0.2, 0) is 6.54 Å². The summed E-state index contributed by atoms with van der Waals surface area (Å²) in [4.78, 5) is 2.02. The first-order chi connectivity index (χ1) is 5.97. The van der Waals surface area contributed by atoms with Gasteiger partial charge in [-0.25, -0.2) is 0 Å². The van der Waals surface area contributed by atoms with Crippen molar-refractivity contribution >= 4 is 0 Å². The number of rotatable bonds is 4. The maximum atomic E-state index is 9.54. The Balaban J connectivity index is 2.38. The van der Waals surface area contributed by atoms with Gasteiger partial charge in [-0.2, -0.15) is 0 Å². The van der Waals surface area contributed by atoms with Gasteiger partial charge in [0, 0.05) is 18.7 Å². The lowest BCUT2D eigenvalue weighted by Gasteiger charge is -2.24. The third-order valence-electron chi connectivity index (χ3n) is 1.59. The van der Waals surface area contributed by atoms with E-state index in [4.69, 9.17) is 4.52 Å². The van der Waals surface area contributed by atoms with Crippen molar-refractivity contribution in [3.8, 4) is 0 Å². The van der Waals surface area contributed by atoms with Crippen molar-refractivity contribution in [1.29, 1.82) is 0 Å². The van der Waals surface area contributed by atoms with Gasteiger partial charge in [-0.15, -0.1) is 0 Å². The van der Waals surface area contributed by atoms with Crippen LogP contribution in [0.4, 0.5) is 0 Å². The molecule has 1 aromatic heterocycles. The quantitative estimate of drug-likeness (QED) is 0.754. The van der Waals surface area contributed by atoms with Gasteiger partial charge in [-0.3, -0.25) is 4.90 Å². The van der Waals surface area contributed by atoms with Crippen molar-refractivity contribution < 1.29 is 9.63 Å². The van der Waals surface area contributed by atoms with Crippen molar-refractivity contribution in [3.05, 3.63) is 18.0 Å². The van der Waals surface area contributed by atoms with Crippen molar-refractivity contribution in [3.63, 3.8) is 0 Å². The van der Waals surface area contributed by atoms with Gasteiger partial charge in [0.25, 0.3) is 0 Å². The summed E-state index contributed by atoms with van der Waals surface area (Å²) in [7, 11) is 1.95. The summed E-state index contributed by atoms with van der Waals surface area (Å²) < 4.78 is 4.71. The smallest absolute Gasteiger partial charge is 0.128 e. The minimum atomic E-state index is -0.661. The molecule has 0 saturated heterocycles. The average molecular weight is 184 g/mol. The fourth-order valence-electron chi connectivity index (χ4n) is 1.33. The maximum Gasteiger partial charge on any atom is 0.128 e. The van der Waals surface area contributed by atoms with E-state index in [-0.39, 0.29) is 0 Å². The Morgan fingerprint density at radius 1 is 1.62 bits per heavy atom. The molecule has 1 N–H and O–H groups in total. The van der Waals surface area contributed by atoms with E-state index in [9.17, 15) is 5.11 Å². The molecule has 1 aromatic rings. The van der Waals surface area contributed by atoms with Crippen molar-refractivity contribution in [1.82, 2.24) is 10.1 Å². The second-order valence-electron chi connectivity index (χ2n) is 4.02. The monoisotopic (exact) mass is 184 g/mol. The van der Waals surface area contributed by atoms with E-state index in [2.05, 4.69) is 5.16 Å². The van der Waals surface area contributed by atoms with Crippen LogP contribution < -0.4 is 0 Å². The molecule has 0 aliphatic heterocycles. The van der Waals surface area contributed by atoms with Crippen LogP contribution >= 0.6 is 0 Å². The van der Waals surface area contributed by atoms with Crippen LogP contribution in [0.1, 0.15) is 19.4 Å². The zero-order valence-electron chi connectivity index (χ0n) is 8.32. The van der Waals surface area contributed by atoms with Gasteiger partial charge in [0.2, 0.25) is 0 Å². The molecule has 0 aliphatic rings. The Labute approximate surface area is 78.1 Å². The molecule has 0 aromatic carbocycles. The first-order valence-corrected chi connectivity index (χ1v) is 4.26. The number of aliphatic hydroxyl groups is 1. The minimum Gasteiger partial charge on any atom is -0.389 e. The summed E-state index contributed by atoms with van der Waals surface area (Å²) in [5.41, 5.74) is 0.359. The van der Waals surface area contributed by atoms with Gasteiger partial charge in [0.15, 0.2) is 0 Å². The number of likely N-dealkylation sites (N-methyl/N-ethyl adjacent to an activating group) is 1. The zero-order valence-corrected chi connectivity index (χ0v) is 8.32. The van der Waals surface area contributed by atoms with Gasteiger partial charge >= 0.3 is 0 Å². The van der Waals surface area contributed by atoms with E-state index in [1.807, 2.05) is 11.9 Å². The fourth-order valence-corrected chi connectivity index (χ4v) is 1.33. The van der Waals surface area contributed by atoms with Gasteiger partial charge in [-0.05, 0) is 20.9 Å². The Bertz CT molecular complexity index is 239. The van der Waals surface area contributed by atoms with Crippen LogP contribution in [0, 0.1) is 0 Å². The normalized spacial score (nSPS) is 12.4. The van der Waals surface area contributed by atoms with E-state index >= 15 is 0 Å². The first kappa shape index (κ1) is 10.2. The fraction of sp³-hybridized carbons (Fsp3) is 0.667. The van der Waals surface area contributed by atoms with E-state index in [0.29, 0.717) is 6.54 Å². The maximum absolute atomic E-state index is 9.54. The second-order valence-corrected chi connectivity index (χ2v) is 4.02. The third kappa shape index (κ3) is 4.05. The molecule has 0 bridgehead atoms. The summed E-state index contributed by atoms with van der Waals surface area (Å²) in [6, 6.07) is 0. The number of hydrogen-bond donors (Lipinski definition) is 1. The molecule has 1 heterocycles. The Hall–Kier alpha value is -0.870. The highest BCUT2D eigenvalue weighted by Crippen LogP contribution is 2.07. The Morgan fingerprint density at radius 2 is 2.31 bits per heavy atom. The minimum absolute atomic E-state index is 0.623. The SMILES string of the molecule is CN(Cc1cnoc1)CC(C)(C)O. The molecule has 0 saturated carbocycles. The number of nitrogens with zero attached hydrogens (tertiary/aromatic N) is 2. The molecule has 4 nitrogen and oxygen atoms in total. The zero-order chi connectivity index (χ0) is 9.90. The summed E-state index contributed by atoms with van der Waals surface area (Å²) in [6.45, 7) is 4.94. The molecule has 13 heavy (non-hydrogen) atoms. The van der Waals surface area contributed by atoms with Crippen molar-refractivity contribution in [2.45, 2.75) is 26.0 Å². The Morgan fingerprint density at radius 3 is 2.77 bits per heavy atom. The predicted molar refractivity (Wildman–Crippen MR) is 49.1 cm³/mol. The molecule has 0 atom stereocenters. The molecule has 0 unspecified atom stereocenters. The molecule has 0 spiro atoms. The highest BCUT2D eigenvalue weighted by atomic mass is 16.5. The van der Waals surface area contributed by atoms with E-state index in [1.165, 1.54) is 0 Å². The lowest BCUT2D eigenvalue weighted by molar-refractivity contribution is 0.0424. The standard InChI is InChI=1S/C9H16N2O2/c1-9(2,12)7-11(3)5-8-4-10-13-6-8/h4,6,12H,5,7H2,1-3H3. The molecule has 0 radical (unpaired) electrons. The molecule has 0 amide bonds. The van der Waals surface area contributed by atoms with E-state index in [0.717, 1.165) is 12.1 Å². The van der Waals surface area contributed by atoms with Gasteiger partial charge in [0.1, 0.15) is 6.26 Å². The van der Waals surface area contributed by atoms with Crippen molar-refractivity contribution in [2.24, 2.45) is 0 Å². The van der Waals surface area contributed by atoms with Crippen molar-refractivity contribution in [2.75, 3.05) is 13.6 Å². The number of hydrogen-bond acceptors (Lipinski definition) is 4. The Kier molecular flexibility index (Phi) is 3.06. The largest absolute Gasteiger partial charge is 0.389 e. The lowest BCUT2D eigenvalue weighted by atomic mass is 10.1. The van der Waals surface area contributed by atoms with Crippen LogP contribution in [-0.4, -0.2) is 34.4 Å². The molecular weight excluding hydrogens is 168 g/mol. The summed E-state index contributed by atoms with van der Waals surface area (Å²) in [6.07, 6.45) is 3.29. The lowest BCUT2D eigenvalue weighted by Crippen LogP contribution is -2.35. The summed E-state index contributed by atoms with van der Waals surface area (Å²) >= 11 is 0. The van der Waals surface area contributed by atoms with Crippen LogP contribution in [0.15, 0.2) is 17.0 Å². The second kappa shape index (κ2) is 3.89. The first-order valence-electron chi connectivity index (χ1n) is 4.26. The highest BCUT2D eigenvalue weighted by Gasteiger charge is 2.15. The van der Waals surface area contributed by atoms with Gasteiger partial charge in [0.05, 0.1) is 11.8 Å². The topological polar surface area (TPSA) is 49.5 Å². The highest BCUT2D eigenvalue weighted by molar-refractivity contribution is 4.99. The summed E-state index contributed by atoms with van der Waals surface area (Å²) in [5.74, 6) is 0. The molecule has 74 valence electrons. The van der Waals surface area contributed by atoms with Crippen LogP contribution in [0.3, 0.4) is 0 Å². The van der Waals surface area contributed by atoms with Gasteiger partial charge in [-0.1, -0.05) is 5.16 Å². The molecule has 4 heteroatoms.